The summed E-state index contributed by atoms with van der Waals surface area (Å²) in [5, 5.41) is 0.591. The summed E-state index contributed by atoms with van der Waals surface area (Å²) < 4.78 is 7.36. The van der Waals surface area contributed by atoms with Crippen LogP contribution in [0.5, 0.6) is 0 Å². The molecule has 0 aromatic carbocycles. The Kier molecular flexibility index (Phi) is 4.19. The SMILES string of the molecule is CC(=O)c1cc(-c2ccc(Cl)cn2)c2cc(N3CCOCC3)ccn12. The van der Waals surface area contributed by atoms with Gasteiger partial charge in [0.25, 0.3) is 0 Å². The van der Waals surface area contributed by atoms with Gasteiger partial charge in [0.15, 0.2) is 5.78 Å². The summed E-state index contributed by atoms with van der Waals surface area (Å²) in [5.74, 6) is 0.0225. The molecule has 1 saturated heterocycles. The number of ether oxygens (including phenoxy) is 1. The van der Waals surface area contributed by atoms with Gasteiger partial charge in [-0.25, -0.2) is 0 Å². The molecule has 25 heavy (non-hydrogen) atoms. The number of hydrogen-bond donors (Lipinski definition) is 0. The lowest BCUT2D eigenvalue weighted by molar-refractivity contribution is 0.101. The Labute approximate surface area is 150 Å². The Balaban J connectivity index is 1.87. The molecule has 4 heterocycles. The van der Waals surface area contributed by atoms with Crippen molar-refractivity contribution in [3.63, 3.8) is 0 Å². The fourth-order valence-corrected chi connectivity index (χ4v) is 3.33. The van der Waals surface area contributed by atoms with Gasteiger partial charge in [-0.15, -0.1) is 0 Å². The maximum atomic E-state index is 12.1. The van der Waals surface area contributed by atoms with E-state index < -0.39 is 0 Å². The Bertz CT molecular complexity index is 928. The highest BCUT2D eigenvalue weighted by atomic mass is 35.5. The standard InChI is InChI=1S/C19H18ClN3O2/c1-13(24)18-11-16(17-3-2-14(20)12-21-17)19-10-15(4-5-23(18)19)22-6-8-25-9-7-22/h2-5,10-12H,6-9H2,1H3. The van der Waals surface area contributed by atoms with Crippen LogP contribution in [-0.2, 0) is 4.74 Å². The number of rotatable bonds is 3. The maximum Gasteiger partial charge on any atom is 0.176 e. The van der Waals surface area contributed by atoms with E-state index in [2.05, 4.69) is 16.0 Å². The molecule has 1 fully saturated rings. The van der Waals surface area contributed by atoms with Crippen molar-refractivity contribution in [3.8, 4) is 11.3 Å². The van der Waals surface area contributed by atoms with E-state index in [4.69, 9.17) is 16.3 Å². The zero-order valence-corrected chi connectivity index (χ0v) is 14.7. The Morgan fingerprint density at radius 3 is 2.68 bits per heavy atom. The van der Waals surface area contributed by atoms with E-state index in [9.17, 15) is 4.79 Å². The highest BCUT2D eigenvalue weighted by Gasteiger charge is 2.17. The minimum absolute atomic E-state index is 0.0225. The fourth-order valence-electron chi connectivity index (χ4n) is 3.22. The molecular formula is C19H18ClN3O2. The summed E-state index contributed by atoms with van der Waals surface area (Å²) in [6, 6.07) is 9.75. The smallest absolute Gasteiger partial charge is 0.176 e. The average Bonchev–Trinajstić information content (AvgIpc) is 3.02. The monoisotopic (exact) mass is 355 g/mol. The van der Waals surface area contributed by atoms with Crippen molar-refractivity contribution < 1.29 is 9.53 Å². The van der Waals surface area contributed by atoms with Gasteiger partial charge in [0.1, 0.15) is 0 Å². The molecule has 1 aliphatic rings. The van der Waals surface area contributed by atoms with Crippen LogP contribution >= 0.6 is 11.6 Å². The number of nitrogens with zero attached hydrogens (tertiary/aromatic N) is 3. The van der Waals surface area contributed by atoms with Crippen LogP contribution in [0.25, 0.3) is 16.8 Å². The highest BCUT2D eigenvalue weighted by Crippen LogP contribution is 2.30. The molecule has 6 heteroatoms. The molecular weight excluding hydrogens is 338 g/mol. The van der Waals surface area contributed by atoms with Crippen molar-refractivity contribution in [3.05, 3.63) is 53.4 Å². The second-order valence-corrected chi connectivity index (χ2v) is 6.54. The number of carbonyl (C=O) groups is 1. The lowest BCUT2D eigenvalue weighted by atomic mass is 10.1. The lowest BCUT2D eigenvalue weighted by Crippen LogP contribution is -2.36. The van der Waals surface area contributed by atoms with Crippen molar-refractivity contribution in [2.45, 2.75) is 6.92 Å². The first-order valence-electron chi connectivity index (χ1n) is 8.24. The summed E-state index contributed by atoms with van der Waals surface area (Å²) in [4.78, 5) is 18.8. The van der Waals surface area contributed by atoms with Crippen LogP contribution in [0.2, 0.25) is 5.02 Å². The summed E-state index contributed by atoms with van der Waals surface area (Å²) in [5.41, 5.74) is 4.46. The summed E-state index contributed by atoms with van der Waals surface area (Å²) >= 11 is 5.96. The van der Waals surface area contributed by atoms with Crippen molar-refractivity contribution in [2.75, 3.05) is 31.2 Å². The van der Waals surface area contributed by atoms with Crippen LogP contribution in [0.1, 0.15) is 17.4 Å². The molecule has 0 atom stereocenters. The third-order valence-corrected chi connectivity index (χ3v) is 4.72. The van der Waals surface area contributed by atoms with Gasteiger partial charge in [-0.3, -0.25) is 9.78 Å². The second-order valence-electron chi connectivity index (χ2n) is 6.10. The molecule has 0 spiro atoms. The number of morpholine rings is 1. The number of fused-ring (bicyclic) bond motifs is 1. The molecule has 1 aliphatic heterocycles. The van der Waals surface area contributed by atoms with Gasteiger partial charge in [-0.05, 0) is 30.3 Å². The normalized spacial score (nSPS) is 14.9. The van der Waals surface area contributed by atoms with Crippen LogP contribution in [0.3, 0.4) is 0 Å². The van der Waals surface area contributed by atoms with Crippen LogP contribution in [0, 0.1) is 0 Å². The van der Waals surface area contributed by atoms with E-state index in [1.54, 1.807) is 13.1 Å². The van der Waals surface area contributed by atoms with Gasteiger partial charge in [-0.1, -0.05) is 11.6 Å². The van der Waals surface area contributed by atoms with E-state index in [-0.39, 0.29) is 5.78 Å². The summed E-state index contributed by atoms with van der Waals surface area (Å²) in [6.45, 7) is 4.78. The maximum absolute atomic E-state index is 12.1. The fraction of sp³-hybridized carbons (Fsp3) is 0.263. The van der Waals surface area contributed by atoms with Crippen molar-refractivity contribution in [2.24, 2.45) is 0 Å². The Hall–Kier alpha value is -2.37. The quantitative estimate of drug-likeness (QED) is 0.672. The molecule has 0 radical (unpaired) electrons. The van der Waals surface area contributed by atoms with Gasteiger partial charge in [-0.2, -0.15) is 0 Å². The van der Waals surface area contributed by atoms with Gasteiger partial charge in [0.05, 0.1) is 35.1 Å². The minimum Gasteiger partial charge on any atom is -0.378 e. The predicted octanol–water partition coefficient (Wildman–Crippen LogP) is 3.69. The number of anilines is 1. The van der Waals surface area contributed by atoms with Gasteiger partial charge >= 0.3 is 0 Å². The Morgan fingerprint density at radius 1 is 1.20 bits per heavy atom. The number of ketones is 1. The molecule has 0 bridgehead atoms. The van der Waals surface area contributed by atoms with E-state index in [1.165, 1.54) is 0 Å². The topological polar surface area (TPSA) is 46.8 Å². The lowest BCUT2D eigenvalue weighted by Gasteiger charge is -2.29. The largest absolute Gasteiger partial charge is 0.378 e. The van der Waals surface area contributed by atoms with Crippen LogP contribution in [0.4, 0.5) is 5.69 Å². The Morgan fingerprint density at radius 2 is 2.00 bits per heavy atom. The number of hydrogen-bond acceptors (Lipinski definition) is 4. The predicted molar refractivity (Wildman–Crippen MR) is 98.7 cm³/mol. The molecule has 0 unspecified atom stereocenters. The molecule has 3 aromatic heterocycles. The minimum atomic E-state index is 0.0225. The third-order valence-electron chi connectivity index (χ3n) is 4.50. The first-order chi connectivity index (χ1) is 12.1. The summed E-state index contributed by atoms with van der Waals surface area (Å²) in [6.07, 6.45) is 3.58. The van der Waals surface area contributed by atoms with E-state index in [0.717, 1.165) is 48.8 Å². The van der Waals surface area contributed by atoms with Crippen molar-refractivity contribution in [1.82, 2.24) is 9.38 Å². The number of carbonyl (C=O) groups excluding carboxylic acids is 1. The van der Waals surface area contributed by atoms with Crippen molar-refractivity contribution >= 4 is 28.6 Å². The van der Waals surface area contributed by atoms with E-state index in [0.29, 0.717) is 10.7 Å². The molecule has 4 rings (SSSR count). The van der Waals surface area contributed by atoms with Crippen LogP contribution in [0.15, 0.2) is 42.7 Å². The second kappa shape index (κ2) is 6.50. The average molecular weight is 356 g/mol. The molecule has 0 amide bonds. The zero-order chi connectivity index (χ0) is 17.4. The number of Topliss-reactive ketones (excluding diaryl/α,β-unsaturated/α-hetero) is 1. The number of pyridine rings is 2. The molecule has 128 valence electrons. The van der Waals surface area contributed by atoms with E-state index >= 15 is 0 Å². The first kappa shape index (κ1) is 16.1. The number of halogens is 1. The summed E-state index contributed by atoms with van der Waals surface area (Å²) in [7, 11) is 0. The van der Waals surface area contributed by atoms with Gasteiger partial charge in [0.2, 0.25) is 0 Å². The molecule has 0 N–H and O–H groups in total. The zero-order valence-electron chi connectivity index (χ0n) is 13.9. The van der Waals surface area contributed by atoms with E-state index in [1.807, 2.05) is 34.9 Å². The van der Waals surface area contributed by atoms with Gasteiger partial charge in [0, 0.05) is 43.7 Å². The first-order valence-corrected chi connectivity index (χ1v) is 8.62. The van der Waals surface area contributed by atoms with Crippen LogP contribution in [-0.4, -0.2) is 41.5 Å². The molecule has 0 saturated carbocycles. The van der Waals surface area contributed by atoms with Gasteiger partial charge < -0.3 is 14.0 Å². The molecule has 5 nitrogen and oxygen atoms in total. The molecule has 0 aliphatic carbocycles. The highest BCUT2D eigenvalue weighted by molar-refractivity contribution is 6.30. The number of aromatic nitrogens is 2. The third kappa shape index (κ3) is 3.01. The van der Waals surface area contributed by atoms with Crippen molar-refractivity contribution in [1.29, 1.82) is 0 Å². The molecule has 3 aromatic rings. The van der Waals surface area contributed by atoms with Crippen LogP contribution < -0.4 is 4.90 Å².